The minimum absolute atomic E-state index is 0.322. The van der Waals surface area contributed by atoms with Gasteiger partial charge in [0, 0.05) is 12.1 Å². The first-order valence-corrected chi connectivity index (χ1v) is 7.63. The minimum Gasteiger partial charge on any atom is -0.496 e. The summed E-state index contributed by atoms with van der Waals surface area (Å²) in [5.74, 6) is 1.44. The SMILES string of the molecule is COc1ccc(C(=O)O)cc1CN1CCC(C(C)C)CC1. The van der Waals surface area contributed by atoms with Gasteiger partial charge in [-0.1, -0.05) is 13.8 Å². The molecule has 0 bridgehead atoms. The van der Waals surface area contributed by atoms with Crippen molar-refractivity contribution in [3.05, 3.63) is 29.3 Å². The highest BCUT2D eigenvalue weighted by Crippen LogP contribution is 2.27. The van der Waals surface area contributed by atoms with Crippen LogP contribution in [0.1, 0.15) is 42.6 Å². The monoisotopic (exact) mass is 291 g/mol. The van der Waals surface area contributed by atoms with Crippen molar-refractivity contribution in [3.8, 4) is 5.75 Å². The fourth-order valence-electron chi connectivity index (χ4n) is 3.05. The van der Waals surface area contributed by atoms with Gasteiger partial charge < -0.3 is 9.84 Å². The van der Waals surface area contributed by atoms with Crippen LogP contribution in [-0.4, -0.2) is 36.2 Å². The molecule has 0 atom stereocenters. The first kappa shape index (κ1) is 15.8. The maximum absolute atomic E-state index is 11.1. The Morgan fingerprint density at radius 3 is 2.57 bits per heavy atom. The molecule has 2 rings (SSSR count). The molecule has 21 heavy (non-hydrogen) atoms. The van der Waals surface area contributed by atoms with Crippen LogP contribution in [0.25, 0.3) is 0 Å². The van der Waals surface area contributed by atoms with Gasteiger partial charge in [0.15, 0.2) is 0 Å². The second kappa shape index (κ2) is 6.94. The maximum Gasteiger partial charge on any atom is 0.335 e. The van der Waals surface area contributed by atoms with E-state index in [-0.39, 0.29) is 0 Å². The Kier molecular flexibility index (Phi) is 5.23. The summed E-state index contributed by atoms with van der Waals surface area (Å²) in [5.41, 5.74) is 1.28. The van der Waals surface area contributed by atoms with Crippen LogP contribution in [0, 0.1) is 11.8 Å². The van der Waals surface area contributed by atoms with E-state index in [1.807, 2.05) is 0 Å². The Labute approximate surface area is 126 Å². The van der Waals surface area contributed by atoms with Crippen molar-refractivity contribution in [2.75, 3.05) is 20.2 Å². The number of carboxylic acids is 1. The first-order chi connectivity index (χ1) is 10.0. The summed E-state index contributed by atoms with van der Waals surface area (Å²) >= 11 is 0. The number of carbonyl (C=O) groups is 1. The summed E-state index contributed by atoms with van der Waals surface area (Å²) in [5, 5.41) is 9.12. The second-order valence-corrected chi connectivity index (χ2v) is 6.19. The molecular weight excluding hydrogens is 266 g/mol. The van der Waals surface area contributed by atoms with Gasteiger partial charge in [0.05, 0.1) is 12.7 Å². The topological polar surface area (TPSA) is 49.8 Å². The lowest BCUT2D eigenvalue weighted by molar-refractivity contribution is 0.0696. The van der Waals surface area contributed by atoms with Crippen LogP contribution in [0.3, 0.4) is 0 Å². The number of rotatable bonds is 5. The Morgan fingerprint density at radius 1 is 1.38 bits per heavy atom. The Bertz CT molecular complexity index is 491. The zero-order chi connectivity index (χ0) is 15.4. The normalized spacial score (nSPS) is 17.1. The van der Waals surface area contributed by atoms with Gasteiger partial charge in [-0.05, 0) is 56.0 Å². The molecule has 1 aromatic rings. The highest BCUT2D eigenvalue weighted by molar-refractivity contribution is 5.88. The van der Waals surface area contributed by atoms with Crippen LogP contribution in [0.15, 0.2) is 18.2 Å². The predicted octanol–water partition coefficient (Wildman–Crippen LogP) is 3.26. The van der Waals surface area contributed by atoms with Crippen molar-refractivity contribution in [1.82, 2.24) is 4.90 Å². The summed E-state index contributed by atoms with van der Waals surface area (Å²) in [6.45, 7) is 7.49. The standard InChI is InChI=1S/C17H25NO3/c1-12(2)13-6-8-18(9-7-13)11-15-10-14(17(19)20)4-5-16(15)21-3/h4-5,10,12-13H,6-9,11H2,1-3H3,(H,19,20). The number of benzene rings is 1. The van der Waals surface area contributed by atoms with Gasteiger partial charge in [-0.2, -0.15) is 0 Å². The van der Waals surface area contributed by atoms with E-state index in [1.54, 1.807) is 25.3 Å². The summed E-state index contributed by atoms with van der Waals surface area (Å²) in [7, 11) is 1.63. The quantitative estimate of drug-likeness (QED) is 0.904. The van der Waals surface area contributed by atoms with Crippen molar-refractivity contribution in [2.24, 2.45) is 11.8 Å². The number of ether oxygens (including phenoxy) is 1. The lowest BCUT2D eigenvalue weighted by Crippen LogP contribution is -2.34. The molecule has 116 valence electrons. The van der Waals surface area contributed by atoms with Gasteiger partial charge in [-0.15, -0.1) is 0 Å². The van der Waals surface area contributed by atoms with Crippen molar-refractivity contribution in [2.45, 2.75) is 33.2 Å². The van der Waals surface area contributed by atoms with Crippen molar-refractivity contribution in [3.63, 3.8) is 0 Å². The van der Waals surface area contributed by atoms with Crippen LogP contribution >= 0.6 is 0 Å². The average Bonchev–Trinajstić information content (AvgIpc) is 2.47. The molecule has 0 aromatic heterocycles. The van der Waals surface area contributed by atoms with Gasteiger partial charge in [-0.25, -0.2) is 4.79 Å². The molecule has 0 unspecified atom stereocenters. The molecule has 4 nitrogen and oxygen atoms in total. The van der Waals surface area contributed by atoms with Crippen molar-refractivity contribution < 1.29 is 14.6 Å². The summed E-state index contributed by atoms with van der Waals surface area (Å²) in [6, 6.07) is 5.07. The predicted molar refractivity (Wildman–Crippen MR) is 82.8 cm³/mol. The lowest BCUT2D eigenvalue weighted by atomic mass is 9.86. The molecule has 0 aliphatic carbocycles. The van der Waals surface area contributed by atoms with Crippen LogP contribution in [-0.2, 0) is 6.54 Å². The first-order valence-electron chi connectivity index (χ1n) is 7.63. The number of piperidine rings is 1. The van der Waals surface area contributed by atoms with Gasteiger partial charge >= 0.3 is 5.97 Å². The number of hydrogen-bond donors (Lipinski definition) is 1. The van der Waals surface area contributed by atoms with E-state index >= 15 is 0 Å². The molecule has 4 heteroatoms. The van der Waals surface area contributed by atoms with Gasteiger partial charge in [0.1, 0.15) is 5.75 Å². The Balaban J connectivity index is 2.05. The molecule has 1 heterocycles. The lowest BCUT2D eigenvalue weighted by Gasteiger charge is -2.34. The average molecular weight is 291 g/mol. The molecular formula is C17H25NO3. The van der Waals surface area contributed by atoms with E-state index in [1.165, 1.54) is 12.8 Å². The summed E-state index contributed by atoms with van der Waals surface area (Å²) in [4.78, 5) is 13.5. The van der Waals surface area contributed by atoms with Gasteiger partial charge in [-0.3, -0.25) is 4.90 Å². The summed E-state index contributed by atoms with van der Waals surface area (Å²) in [6.07, 6.45) is 2.44. The highest BCUT2D eigenvalue weighted by Gasteiger charge is 2.22. The number of nitrogens with zero attached hydrogens (tertiary/aromatic N) is 1. The molecule has 0 radical (unpaired) electrons. The van der Waals surface area contributed by atoms with Crippen LogP contribution in [0.5, 0.6) is 5.75 Å². The Hall–Kier alpha value is -1.55. The number of hydrogen-bond acceptors (Lipinski definition) is 3. The van der Waals surface area contributed by atoms with Crippen LogP contribution in [0.4, 0.5) is 0 Å². The molecule has 1 aliphatic rings. The zero-order valence-corrected chi connectivity index (χ0v) is 13.1. The molecule has 0 amide bonds. The van der Waals surface area contributed by atoms with E-state index < -0.39 is 5.97 Å². The smallest absolute Gasteiger partial charge is 0.335 e. The van der Waals surface area contributed by atoms with E-state index in [0.717, 1.165) is 42.8 Å². The molecule has 1 fully saturated rings. The Morgan fingerprint density at radius 2 is 2.05 bits per heavy atom. The number of carboxylic acid groups (broad SMARTS) is 1. The van der Waals surface area contributed by atoms with E-state index in [9.17, 15) is 4.79 Å². The molecule has 1 aliphatic heterocycles. The van der Waals surface area contributed by atoms with E-state index in [4.69, 9.17) is 9.84 Å². The van der Waals surface area contributed by atoms with Gasteiger partial charge in [0.25, 0.3) is 0 Å². The van der Waals surface area contributed by atoms with Crippen LogP contribution in [0.2, 0.25) is 0 Å². The zero-order valence-electron chi connectivity index (χ0n) is 13.1. The van der Waals surface area contributed by atoms with Crippen molar-refractivity contribution >= 4 is 5.97 Å². The molecule has 1 saturated heterocycles. The number of likely N-dealkylation sites (tertiary alicyclic amines) is 1. The number of aromatic carboxylic acids is 1. The fourth-order valence-corrected chi connectivity index (χ4v) is 3.05. The molecule has 1 aromatic carbocycles. The number of methoxy groups -OCH3 is 1. The third-order valence-corrected chi connectivity index (χ3v) is 4.50. The third kappa shape index (κ3) is 3.97. The molecule has 0 spiro atoms. The summed E-state index contributed by atoms with van der Waals surface area (Å²) < 4.78 is 5.36. The third-order valence-electron chi connectivity index (χ3n) is 4.50. The highest BCUT2D eigenvalue weighted by atomic mass is 16.5. The second-order valence-electron chi connectivity index (χ2n) is 6.19. The fraction of sp³-hybridized carbons (Fsp3) is 0.588. The van der Waals surface area contributed by atoms with Gasteiger partial charge in [0.2, 0.25) is 0 Å². The molecule has 1 N–H and O–H groups in total. The van der Waals surface area contributed by atoms with Crippen molar-refractivity contribution in [1.29, 1.82) is 0 Å². The largest absolute Gasteiger partial charge is 0.496 e. The molecule has 0 saturated carbocycles. The maximum atomic E-state index is 11.1. The minimum atomic E-state index is -0.891. The van der Waals surface area contributed by atoms with Crippen LogP contribution < -0.4 is 4.74 Å². The van der Waals surface area contributed by atoms with E-state index in [2.05, 4.69) is 18.7 Å². The van der Waals surface area contributed by atoms with E-state index in [0.29, 0.717) is 5.56 Å².